The van der Waals surface area contributed by atoms with Crippen LogP contribution in [0.1, 0.15) is 5.56 Å². The minimum atomic E-state index is -1.11. The normalized spacial score (nSPS) is 12.3. The first-order valence-electron chi connectivity index (χ1n) is 4.24. The van der Waals surface area contributed by atoms with Gasteiger partial charge < -0.3 is 9.84 Å². The Balaban J connectivity index is 2.76. The minimum absolute atomic E-state index is 0.241. The van der Waals surface area contributed by atoms with E-state index >= 15 is 0 Å². The monoisotopic (exact) mass is 336 g/mol. The van der Waals surface area contributed by atoms with Gasteiger partial charge in [-0.05, 0) is 23.8 Å². The number of methoxy groups -OCH3 is 1. The molecule has 0 fully saturated rings. The van der Waals surface area contributed by atoms with Crippen molar-refractivity contribution in [3.63, 3.8) is 0 Å². The molecule has 0 aliphatic rings. The molecule has 1 rings (SSSR count). The molecular weight excluding hydrogens is 328 g/mol. The SMILES string of the molecule is COC(=O)[C@H](O)Cc1cc(Br)cc(Br)c1. The van der Waals surface area contributed by atoms with E-state index in [0.29, 0.717) is 0 Å². The maximum Gasteiger partial charge on any atom is 0.335 e. The van der Waals surface area contributed by atoms with Gasteiger partial charge in [-0.3, -0.25) is 0 Å². The largest absolute Gasteiger partial charge is 0.467 e. The molecule has 0 bridgehead atoms. The van der Waals surface area contributed by atoms with E-state index < -0.39 is 12.1 Å². The summed E-state index contributed by atoms with van der Waals surface area (Å²) in [4.78, 5) is 11.0. The number of hydrogen-bond acceptors (Lipinski definition) is 3. The van der Waals surface area contributed by atoms with Crippen molar-refractivity contribution in [3.05, 3.63) is 32.7 Å². The average Bonchev–Trinajstić information content (AvgIpc) is 2.14. The third kappa shape index (κ3) is 3.93. The Morgan fingerprint density at radius 2 is 1.93 bits per heavy atom. The van der Waals surface area contributed by atoms with Crippen LogP contribution in [0.5, 0.6) is 0 Å². The van der Waals surface area contributed by atoms with Gasteiger partial charge in [0.15, 0.2) is 6.10 Å². The molecule has 0 amide bonds. The number of aliphatic hydroxyl groups is 1. The van der Waals surface area contributed by atoms with Gasteiger partial charge in [-0.2, -0.15) is 0 Å². The minimum Gasteiger partial charge on any atom is -0.467 e. The number of benzene rings is 1. The summed E-state index contributed by atoms with van der Waals surface area (Å²) in [6, 6.07) is 5.57. The van der Waals surface area contributed by atoms with E-state index in [9.17, 15) is 9.90 Å². The van der Waals surface area contributed by atoms with Crippen molar-refractivity contribution in [1.29, 1.82) is 0 Å². The molecular formula is C10H10Br2O3. The van der Waals surface area contributed by atoms with E-state index in [1.54, 1.807) is 0 Å². The molecule has 1 aromatic carbocycles. The van der Waals surface area contributed by atoms with Gasteiger partial charge in [0, 0.05) is 15.4 Å². The predicted molar refractivity (Wildman–Crippen MR) is 63.6 cm³/mol. The molecule has 82 valence electrons. The molecule has 0 aromatic heterocycles. The van der Waals surface area contributed by atoms with E-state index in [1.165, 1.54) is 7.11 Å². The highest BCUT2D eigenvalue weighted by Crippen LogP contribution is 2.21. The summed E-state index contributed by atoms with van der Waals surface area (Å²) in [5, 5.41) is 9.45. The van der Waals surface area contributed by atoms with E-state index in [2.05, 4.69) is 36.6 Å². The van der Waals surface area contributed by atoms with Crippen LogP contribution in [-0.4, -0.2) is 24.3 Å². The number of esters is 1. The summed E-state index contributed by atoms with van der Waals surface area (Å²) in [7, 11) is 1.25. The Morgan fingerprint density at radius 3 is 2.40 bits per heavy atom. The molecule has 0 unspecified atom stereocenters. The lowest BCUT2D eigenvalue weighted by Crippen LogP contribution is -2.24. The number of rotatable bonds is 3. The second-order valence-corrected chi connectivity index (χ2v) is 4.85. The summed E-state index contributed by atoms with van der Waals surface area (Å²) in [5.74, 6) is -0.619. The Hall–Kier alpha value is -0.390. The van der Waals surface area contributed by atoms with Crippen LogP contribution in [0.15, 0.2) is 27.1 Å². The first-order valence-corrected chi connectivity index (χ1v) is 5.82. The number of carbonyl (C=O) groups excluding carboxylic acids is 1. The zero-order valence-electron chi connectivity index (χ0n) is 8.04. The van der Waals surface area contributed by atoms with Crippen molar-refractivity contribution in [2.45, 2.75) is 12.5 Å². The first kappa shape index (κ1) is 12.7. The fraction of sp³-hybridized carbons (Fsp3) is 0.300. The fourth-order valence-corrected chi connectivity index (χ4v) is 2.56. The third-order valence-corrected chi connectivity index (χ3v) is 2.74. The molecule has 0 aliphatic carbocycles. The number of ether oxygens (including phenoxy) is 1. The number of aliphatic hydroxyl groups excluding tert-OH is 1. The van der Waals surface area contributed by atoms with E-state index in [0.717, 1.165) is 14.5 Å². The van der Waals surface area contributed by atoms with E-state index in [1.807, 2.05) is 18.2 Å². The molecule has 3 nitrogen and oxygen atoms in total. The van der Waals surface area contributed by atoms with Crippen molar-refractivity contribution in [3.8, 4) is 0 Å². The van der Waals surface area contributed by atoms with Gasteiger partial charge in [-0.1, -0.05) is 31.9 Å². The Labute approximate surface area is 105 Å². The van der Waals surface area contributed by atoms with Crippen molar-refractivity contribution < 1.29 is 14.6 Å². The van der Waals surface area contributed by atoms with Gasteiger partial charge >= 0.3 is 5.97 Å². The average molecular weight is 338 g/mol. The maximum atomic E-state index is 11.0. The van der Waals surface area contributed by atoms with E-state index in [4.69, 9.17) is 0 Å². The van der Waals surface area contributed by atoms with Crippen molar-refractivity contribution >= 4 is 37.8 Å². The summed E-state index contributed by atoms with van der Waals surface area (Å²) in [5.41, 5.74) is 0.856. The van der Waals surface area contributed by atoms with Gasteiger partial charge in [0.25, 0.3) is 0 Å². The molecule has 0 heterocycles. The number of carbonyl (C=O) groups is 1. The van der Waals surface area contributed by atoms with Crippen LogP contribution >= 0.6 is 31.9 Å². The number of halogens is 2. The highest BCUT2D eigenvalue weighted by atomic mass is 79.9. The van der Waals surface area contributed by atoms with Gasteiger partial charge in [-0.25, -0.2) is 4.79 Å². The molecule has 0 radical (unpaired) electrons. The third-order valence-electron chi connectivity index (χ3n) is 1.82. The topological polar surface area (TPSA) is 46.5 Å². The highest BCUT2D eigenvalue weighted by Gasteiger charge is 2.16. The summed E-state index contributed by atoms with van der Waals surface area (Å²) in [6.07, 6.45) is -0.874. The summed E-state index contributed by atoms with van der Waals surface area (Å²) in [6.45, 7) is 0. The molecule has 15 heavy (non-hydrogen) atoms. The van der Waals surface area contributed by atoms with Crippen LogP contribution in [0.2, 0.25) is 0 Å². The summed E-state index contributed by atoms with van der Waals surface area (Å²) < 4.78 is 6.22. The second-order valence-electron chi connectivity index (χ2n) is 3.02. The molecule has 1 N–H and O–H groups in total. The Morgan fingerprint density at radius 1 is 1.40 bits per heavy atom. The smallest absolute Gasteiger partial charge is 0.335 e. The molecule has 1 atom stereocenters. The van der Waals surface area contributed by atoms with Crippen molar-refractivity contribution in [2.24, 2.45) is 0 Å². The molecule has 0 aliphatic heterocycles. The molecule has 0 saturated carbocycles. The quantitative estimate of drug-likeness (QED) is 0.861. The van der Waals surface area contributed by atoms with Crippen LogP contribution in [0.3, 0.4) is 0 Å². The predicted octanol–water partition coefficient (Wildman–Crippen LogP) is 2.29. The van der Waals surface area contributed by atoms with Gasteiger partial charge in [-0.15, -0.1) is 0 Å². The van der Waals surface area contributed by atoms with Crippen molar-refractivity contribution in [2.75, 3.05) is 7.11 Å². The standard InChI is InChI=1S/C10H10Br2O3/c1-15-10(14)9(13)4-6-2-7(11)5-8(12)3-6/h2-3,5,9,13H,4H2,1H3/t9-/m1/s1. The highest BCUT2D eigenvalue weighted by molar-refractivity contribution is 9.11. The zero-order chi connectivity index (χ0) is 11.4. The number of hydrogen-bond donors (Lipinski definition) is 1. The lowest BCUT2D eigenvalue weighted by atomic mass is 10.1. The van der Waals surface area contributed by atoms with E-state index in [-0.39, 0.29) is 6.42 Å². The molecule has 0 saturated heterocycles. The Kier molecular flexibility index (Phi) is 4.76. The second kappa shape index (κ2) is 5.63. The van der Waals surface area contributed by atoms with Crippen LogP contribution < -0.4 is 0 Å². The van der Waals surface area contributed by atoms with Crippen molar-refractivity contribution in [1.82, 2.24) is 0 Å². The van der Waals surface area contributed by atoms with Crippen LogP contribution in [0.4, 0.5) is 0 Å². The van der Waals surface area contributed by atoms with Crippen LogP contribution in [0.25, 0.3) is 0 Å². The van der Waals surface area contributed by atoms with Gasteiger partial charge in [0.2, 0.25) is 0 Å². The molecule has 5 heteroatoms. The lowest BCUT2D eigenvalue weighted by Gasteiger charge is -2.08. The van der Waals surface area contributed by atoms with Crippen LogP contribution in [0, 0.1) is 0 Å². The van der Waals surface area contributed by atoms with Gasteiger partial charge in [0.05, 0.1) is 7.11 Å². The maximum absolute atomic E-state index is 11.0. The fourth-order valence-electron chi connectivity index (χ4n) is 1.17. The zero-order valence-corrected chi connectivity index (χ0v) is 11.2. The molecule has 1 aromatic rings. The molecule has 0 spiro atoms. The lowest BCUT2D eigenvalue weighted by molar-refractivity contribution is -0.150. The first-order chi connectivity index (χ1) is 7.02. The summed E-state index contributed by atoms with van der Waals surface area (Å²) >= 11 is 6.66. The Bertz CT molecular complexity index is 345. The van der Waals surface area contributed by atoms with Gasteiger partial charge in [0.1, 0.15) is 0 Å². The van der Waals surface area contributed by atoms with Crippen LogP contribution in [-0.2, 0) is 16.0 Å².